The first kappa shape index (κ1) is 28.0. The predicted octanol–water partition coefficient (Wildman–Crippen LogP) is 6.12. The minimum atomic E-state index is -0.285. The smallest absolute Gasteiger partial charge is 0.262 e. The highest BCUT2D eigenvalue weighted by atomic mass is 16.2. The van der Waals surface area contributed by atoms with Crippen LogP contribution in [0.1, 0.15) is 90.2 Å². The molecule has 0 amide bonds. The molecule has 0 fully saturated rings. The first-order chi connectivity index (χ1) is 18.2. The van der Waals surface area contributed by atoms with Gasteiger partial charge in [0.1, 0.15) is 0 Å². The van der Waals surface area contributed by atoms with Crippen molar-refractivity contribution in [2.24, 2.45) is 11.8 Å². The van der Waals surface area contributed by atoms with Crippen LogP contribution in [0.5, 0.6) is 0 Å². The molecule has 0 aliphatic heterocycles. The normalized spacial score (nSPS) is 13.7. The fourth-order valence-electron chi connectivity index (χ4n) is 6.21. The molecule has 0 aliphatic rings. The van der Waals surface area contributed by atoms with E-state index in [0.717, 1.165) is 51.4 Å². The number of hydrogen-bond acceptors (Lipinski definition) is 4. The van der Waals surface area contributed by atoms with E-state index in [-0.39, 0.29) is 34.1 Å². The lowest BCUT2D eigenvalue weighted by Crippen LogP contribution is -2.29. The van der Waals surface area contributed by atoms with Gasteiger partial charge in [-0.1, -0.05) is 66.2 Å². The molecule has 0 bridgehead atoms. The molecule has 2 heterocycles. The van der Waals surface area contributed by atoms with Crippen LogP contribution in [0.2, 0.25) is 0 Å². The molecule has 2 atom stereocenters. The summed E-state index contributed by atoms with van der Waals surface area (Å²) in [4.78, 5) is 54.5. The lowest BCUT2D eigenvalue weighted by molar-refractivity contribution is 0.384. The second-order valence-electron chi connectivity index (χ2n) is 11.3. The minimum absolute atomic E-state index is 0.247. The molecule has 0 saturated carbocycles. The quantitative estimate of drug-likeness (QED) is 0.226. The van der Waals surface area contributed by atoms with E-state index in [0.29, 0.717) is 56.5 Å². The molecule has 2 aromatic carbocycles. The van der Waals surface area contributed by atoms with Crippen LogP contribution in [0.25, 0.3) is 32.3 Å². The summed E-state index contributed by atoms with van der Waals surface area (Å²) in [5, 5.41) is 2.84. The van der Waals surface area contributed by atoms with Gasteiger partial charge in [0.05, 0.1) is 21.5 Å². The Morgan fingerprint density at radius 3 is 1.24 bits per heavy atom. The monoisotopic (exact) mass is 518 g/mol. The maximum atomic E-state index is 13.7. The van der Waals surface area contributed by atoms with Gasteiger partial charge in [0.2, 0.25) is 0 Å². The summed E-state index contributed by atoms with van der Waals surface area (Å²) in [7, 11) is 0. The second-order valence-corrected chi connectivity index (χ2v) is 11.3. The van der Waals surface area contributed by atoms with Crippen LogP contribution in [0.15, 0.2) is 31.3 Å². The van der Waals surface area contributed by atoms with Crippen LogP contribution in [-0.2, 0) is 13.1 Å². The Kier molecular flexibility index (Phi) is 8.39. The molecule has 0 radical (unpaired) electrons. The molecule has 204 valence electrons. The van der Waals surface area contributed by atoms with Gasteiger partial charge in [0.25, 0.3) is 22.2 Å². The van der Waals surface area contributed by atoms with Gasteiger partial charge in [-0.05, 0) is 72.6 Å². The van der Waals surface area contributed by atoms with Crippen molar-refractivity contribution in [3.63, 3.8) is 0 Å². The predicted molar refractivity (Wildman–Crippen MR) is 158 cm³/mol. The minimum Gasteiger partial charge on any atom is -0.274 e. The number of unbranched alkanes of at least 4 members (excludes halogenated alkanes) is 2. The summed E-state index contributed by atoms with van der Waals surface area (Å²) in [6.45, 7) is 13.0. The molecular formula is C32H42N2O4. The van der Waals surface area contributed by atoms with E-state index in [1.807, 2.05) is 26.0 Å². The van der Waals surface area contributed by atoms with Crippen molar-refractivity contribution in [3.8, 4) is 0 Å². The maximum Gasteiger partial charge on any atom is 0.262 e. The summed E-state index contributed by atoms with van der Waals surface area (Å²) >= 11 is 0. The van der Waals surface area contributed by atoms with Gasteiger partial charge < -0.3 is 0 Å². The Labute approximate surface area is 224 Å². The topological polar surface area (TPSA) is 78.1 Å². The van der Waals surface area contributed by atoms with Crippen molar-refractivity contribution < 1.29 is 0 Å². The molecular weight excluding hydrogens is 476 g/mol. The molecule has 0 N–H and O–H groups in total. The van der Waals surface area contributed by atoms with Crippen molar-refractivity contribution in [2.75, 3.05) is 0 Å². The Morgan fingerprint density at radius 2 is 0.921 bits per heavy atom. The van der Waals surface area contributed by atoms with Crippen molar-refractivity contribution in [1.29, 1.82) is 0 Å². The first-order valence-electron chi connectivity index (χ1n) is 14.5. The van der Waals surface area contributed by atoms with Crippen molar-refractivity contribution in [3.05, 3.63) is 64.7 Å². The summed E-state index contributed by atoms with van der Waals surface area (Å²) < 4.78 is 2.81. The van der Waals surface area contributed by atoms with Gasteiger partial charge in [-0.25, -0.2) is 0 Å². The third kappa shape index (κ3) is 4.67. The average molecular weight is 519 g/mol. The highest BCUT2D eigenvalue weighted by Gasteiger charge is 2.25. The van der Waals surface area contributed by atoms with Crippen LogP contribution in [-0.4, -0.2) is 9.13 Å². The summed E-state index contributed by atoms with van der Waals surface area (Å²) in [5.41, 5.74) is 0.286. The molecule has 0 spiro atoms. The first-order valence-corrected chi connectivity index (χ1v) is 14.5. The van der Waals surface area contributed by atoms with Gasteiger partial charge in [0.15, 0.2) is 0 Å². The molecule has 2 unspecified atom stereocenters. The SMILES string of the molecule is CCCCC(CC)Cn1c(=O)c2c(C)cc3c(cc(C)c4c(=O)n(CC(CC)CCCC)c(=O)c43)c2c1=O. The largest absolute Gasteiger partial charge is 0.274 e. The Bertz CT molecular complexity index is 1560. The standard InChI is InChI=1S/C32H42N2O4/c1-7-11-13-21(9-3)17-33-29(35)25-19(5)15-24-23(27(25)31(33)37)16-20(6)26-28(24)32(38)34(30(26)36)18-22(10-4)14-12-8-2/h15-16,21-22H,7-14,17-18H2,1-6H3. The maximum absolute atomic E-state index is 13.7. The molecule has 2 aromatic heterocycles. The molecule has 6 heteroatoms. The number of benzene rings is 2. The van der Waals surface area contributed by atoms with E-state index in [4.69, 9.17) is 0 Å². The van der Waals surface area contributed by atoms with Crippen LogP contribution in [0.3, 0.4) is 0 Å². The fourth-order valence-corrected chi connectivity index (χ4v) is 6.21. The zero-order valence-electron chi connectivity index (χ0n) is 23.9. The third-order valence-corrected chi connectivity index (χ3v) is 8.64. The molecule has 4 aromatic rings. The molecule has 6 nitrogen and oxygen atoms in total. The van der Waals surface area contributed by atoms with E-state index in [1.165, 1.54) is 9.13 Å². The van der Waals surface area contributed by atoms with Crippen molar-refractivity contribution in [1.82, 2.24) is 9.13 Å². The van der Waals surface area contributed by atoms with Gasteiger partial charge in [0, 0.05) is 13.1 Å². The summed E-state index contributed by atoms with van der Waals surface area (Å²) in [6.07, 6.45) is 8.07. The number of fused-ring (bicyclic) bond motifs is 5. The van der Waals surface area contributed by atoms with E-state index >= 15 is 0 Å². The van der Waals surface area contributed by atoms with Crippen LogP contribution in [0, 0.1) is 25.7 Å². The lowest BCUT2D eigenvalue weighted by Gasteiger charge is -2.13. The number of hydrogen-bond donors (Lipinski definition) is 0. The van der Waals surface area contributed by atoms with E-state index in [1.54, 1.807) is 0 Å². The molecule has 38 heavy (non-hydrogen) atoms. The second kappa shape index (κ2) is 11.4. The number of aryl methyl sites for hydroxylation is 2. The van der Waals surface area contributed by atoms with Gasteiger partial charge in [-0.2, -0.15) is 0 Å². The van der Waals surface area contributed by atoms with Crippen LogP contribution >= 0.6 is 0 Å². The van der Waals surface area contributed by atoms with Crippen molar-refractivity contribution in [2.45, 2.75) is 106 Å². The highest BCUT2D eigenvalue weighted by Crippen LogP contribution is 2.31. The van der Waals surface area contributed by atoms with Gasteiger partial charge >= 0.3 is 0 Å². The Hall–Kier alpha value is -3.02. The molecule has 0 saturated heterocycles. The van der Waals surface area contributed by atoms with Crippen LogP contribution in [0.4, 0.5) is 0 Å². The highest BCUT2D eigenvalue weighted by molar-refractivity contribution is 6.18. The summed E-state index contributed by atoms with van der Waals surface area (Å²) in [5.74, 6) is 0.531. The molecule has 4 rings (SSSR count). The van der Waals surface area contributed by atoms with E-state index in [9.17, 15) is 19.2 Å². The zero-order chi connectivity index (χ0) is 27.7. The Morgan fingerprint density at radius 1 is 0.579 bits per heavy atom. The van der Waals surface area contributed by atoms with Gasteiger partial charge in [-0.3, -0.25) is 28.3 Å². The zero-order valence-corrected chi connectivity index (χ0v) is 23.9. The molecule has 0 aliphatic carbocycles. The number of nitrogens with zero attached hydrogens (tertiary/aromatic N) is 2. The third-order valence-electron chi connectivity index (χ3n) is 8.64. The van der Waals surface area contributed by atoms with Crippen molar-refractivity contribution >= 4 is 32.3 Å². The number of aromatic nitrogens is 2. The van der Waals surface area contributed by atoms with Crippen LogP contribution < -0.4 is 22.2 Å². The van der Waals surface area contributed by atoms with E-state index < -0.39 is 0 Å². The Balaban J connectivity index is 1.98. The average Bonchev–Trinajstić information content (AvgIpc) is 3.30. The van der Waals surface area contributed by atoms with E-state index in [2.05, 4.69) is 27.7 Å². The fraction of sp³-hybridized carbons (Fsp3) is 0.562. The number of rotatable bonds is 12. The summed E-state index contributed by atoms with van der Waals surface area (Å²) in [6, 6.07) is 3.66. The van der Waals surface area contributed by atoms with Gasteiger partial charge in [-0.15, -0.1) is 0 Å². The lowest BCUT2D eigenvalue weighted by atomic mass is 9.95.